The molecule has 1 aliphatic heterocycles. The molecular weight excluding hydrogens is 246 g/mol. The molecule has 1 saturated heterocycles. The van der Waals surface area contributed by atoms with Crippen LogP contribution in [0.2, 0.25) is 0 Å². The normalized spacial score (nSPS) is 36.8. The van der Waals surface area contributed by atoms with Crippen LogP contribution in [0.3, 0.4) is 0 Å². The fourth-order valence-electron chi connectivity index (χ4n) is 4.45. The van der Waals surface area contributed by atoms with Gasteiger partial charge in [0, 0.05) is 24.7 Å². The zero-order valence-electron chi connectivity index (χ0n) is 14.1. The Bertz CT molecular complexity index is 305. The summed E-state index contributed by atoms with van der Waals surface area (Å²) in [6.45, 7) is 8.06. The van der Waals surface area contributed by atoms with E-state index in [9.17, 15) is 0 Å². The number of piperidine rings is 1. The van der Waals surface area contributed by atoms with Crippen LogP contribution in [0.1, 0.15) is 52.4 Å². The van der Waals surface area contributed by atoms with Gasteiger partial charge in [-0.2, -0.15) is 0 Å². The lowest BCUT2D eigenvalue weighted by molar-refractivity contribution is -0.00643. The first kappa shape index (κ1) is 16.3. The van der Waals surface area contributed by atoms with E-state index < -0.39 is 0 Å². The zero-order chi connectivity index (χ0) is 14.8. The standard InChI is InChI=1S/C17H35N3/c1-14(2)15-7-5-9-17(11-15,13-18)20(4)16-8-6-10-19(3)12-16/h14-16H,5-13,18H2,1-4H3. The van der Waals surface area contributed by atoms with Crippen LogP contribution in [0.5, 0.6) is 0 Å². The van der Waals surface area contributed by atoms with Gasteiger partial charge in [-0.15, -0.1) is 0 Å². The molecule has 118 valence electrons. The minimum Gasteiger partial charge on any atom is -0.329 e. The number of likely N-dealkylation sites (N-methyl/N-ethyl adjacent to an activating group) is 2. The molecule has 3 nitrogen and oxygen atoms in total. The van der Waals surface area contributed by atoms with Crippen LogP contribution in [0.15, 0.2) is 0 Å². The third kappa shape index (κ3) is 3.37. The van der Waals surface area contributed by atoms with Crippen molar-refractivity contribution in [3.63, 3.8) is 0 Å². The molecule has 1 aliphatic carbocycles. The number of hydrogen-bond donors (Lipinski definition) is 1. The minimum absolute atomic E-state index is 0.260. The van der Waals surface area contributed by atoms with Gasteiger partial charge < -0.3 is 10.6 Å². The lowest BCUT2D eigenvalue weighted by Gasteiger charge is -2.52. The summed E-state index contributed by atoms with van der Waals surface area (Å²) in [7, 11) is 4.60. The summed E-state index contributed by atoms with van der Waals surface area (Å²) < 4.78 is 0. The maximum atomic E-state index is 6.29. The summed E-state index contributed by atoms with van der Waals surface area (Å²) in [4.78, 5) is 5.16. The Hall–Kier alpha value is -0.120. The molecule has 0 aromatic heterocycles. The molecule has 1 saturated carbocycles. The van der Waals surface area contributed by atoms with Gasteiger partial charge in [0.05, 0.1) is 0 Å². The van der Waals surface area contributed by atoms with Crippen molar-refractivity contribution in [3.8, 4) is 0 Å². The molecule has 2 N–H and O–H groups in total. The van der Waals surface area contributed by atoms with Crippen LogP contribution >= 0.6 is 0 Å². The Kier molecular flexibility index (Phi) is 5.49. The van der Waals surface area contributed by atoms with Crippen LogP contribution in [0, 0.1) is 11.8 Å². The second-order valence-electron chi connectivity index (χ2n) is 7.70. The van der Waals surface area contributed by atoms with Gasteiger partial charge in [0.15, 0.2) is 0 Å². The Labute approximate surface area is 125 Å². The molecule has 20 heavy (non-hydrogen) atoms. The fraction of sp³-hybridized carbons (Fsp3) is 1.00. The molecular formula is C17H35N3. The highest BCUT2D eigenvalue weighted by Gasteiger charge is 2.42. The molecule has 0 amide bonds. The molecule has 0 radical (unpaired) electrons. The molecule has 2 fully saturated rings. The van der Waals surface area contributed by atoms with Crippen LogP contribution in [0.25, 0.3) is 0 Å². The van der Waals surface area contributed by atoms with Crippen molar-refractivity contribution in [1.82, 2.24) is 9.80 Å². The van der Waals surface area contributed by atoms with Crippen LogP contribution in [-0.4, -0.2) is 55.1 Å². The van der Waals surface area contributed by atoms with Crippen LogP contribution in [-0.2, 0) is 0 Å². The molecule has 0 spiro atoms. The highest BCUT2D eigenvalue weighted by atomic mass is 15.3. The summed E-state index contributed by atoms with van der Waals surface area (Å²) in [5, 5.41) is 0. The average molecular weight is 281 g/mol. The van der Waals surface area contributed by atoms with Crippen molar-refractivity contribution in [2.75, 3.05) is 33.7 Å². The second kappa shape index (κ2) is 6.76. The summed E-state index contributed by atoms with van der Waals surface area (Å²) >= 11 is 0. The van der Waals surface area contributed by atoms with E-state index in [-0.39, 0.29) is 5.54 Å². The largest absolute Gasteiger partial charge is 0.329 e. The Balaban J connectivity index is 2.08. The van der Waals surface area contributed by atoms with Gasteiger partial charge in [-0.25, -0.2) is 0 Å². The van der Waals surface area contributed by atoms with Crippen molar-refractivity contribution in [2.24, 2.45) is 17.6 Å². The molecule has 2 rings (SSSR count). The van der Waals surface area contributed by atoms with E-state index in [0.29, 0.717) is 6.04 Å². The first-order valence-electron chi connectivity index (χ1n) is 8.60. The van der Waals surface area contributed by atoms with E-state index in [4.69, 9.17) is 5.73 Å². The summed E-state index contributed by atoms with van der Waals surface area (Å²) in [6.07, 6.45) is 8.03. The van der Waals surface area contributed by atoms with E-state index in [1.165, 1.54) is 51.6 Å². The van der Waals surface area contributed by atoms with Crippen molar-refractivity contribution < 1.29 is 0 Å². The lowest BCUT2D eigenvalue weighted by Crippen LogP contribution is -2.61. The molecule has 0 aromatic carbocycles. The molecule has 1 heterocycles. The number of likely N-dealkylation sites (tertiary alicyclic amines) is 1. The molecule has 2 aliphatic rings. The third-order valence-electron chi connectivity index (χ3n) is 6.08. The molecule has 3 heteroatoms. The predicted octanol–water partition coefficient (Wildman–Crippen LogP) is 2.56. The Morgan fingerprint density at radius 1 is 1.30 bits per heavy atom. The van der Waals surface area contributed by atoms with Gasteiger partial charge >= 0.3 is 0 Å². The highest BCUT2D eigenvalue weighted by Crippen LogP contribution is 2.40. The maximum absolute atomic E-state index is 6.29. The smallest absolute Gasteiger partial charge is 0.0334 e. The van der Waals surface area contributed by atoms with E-state index >= 15 is 0 Å². The molecule has 3 atom stereocenters. The monoisotopic (exact) mass is 281 g/mol. The zero-order valence-corrected chi connectivity index (χ0v) is 14.1. The van der Waals surface area contributed by atoms with E-state index in [1.54, 1.807) is 0 Å². The Morgan fingerprint density at radius 3 is 2.65 bits per heavy atom. The van der Waals surface area contributed by atoms with Crippen molar-refractivity contribution >= 4 is 0 Å². The van der Waals surface area contributed by atoms with Crippen LogP contribution in [0.4, 0.5) is 0 Å². The number of nitrogens with two attached hydrogens (primary N) is 1. The molecule has 0 bridgehead atoms. The Morgan fingerprint density at radius 2 is 2.05 bits per heavy atom. The maximum Gasteiger partial charge on any atom is 0.0334 e. The van der Waals surface area contributed by atoms with Gasteiger partial charge in [-0.3, -0.25) is 4.90 Å². The van der Waals surface area contributed by atoms with Gasteiger partial charge in [0.25, 0.3) is 0 Å². The molecule has 0 aromatic rings. The summed E-state index contributed by atoms with van der Waals surface area (Å²) in [5.41, 5.74) is 6.55. The molecule has 3 unspecified atom stereocenters. The predicted molar refractivity (Wildman–Crippen MR) is 86.9 cm³/mol. The summed E-state index contributed by atoms with van der Waals surface area (Å²) in [6, 6.07) is 0.697. The number of hydrogen-bond acceptors (Lipinski definition) is 3. The van der Waals surface area contributed by atoms with Gasteiger partial charge in [-0.05, 0) is 58.2 Å². The highest BCUT2D eigenvalue weighted by molar-refractivity contribution is 4.99. The van der Waals surface area contributed by atoms with Crippen molar-refractivity contribution in [3.05, 3.63) is 0 Å². The minimum atomic E-state index is 0.260. The number of rotatable bonds is 4. The first-order chi connectivity index (χ1) is 9.48. The number of nitrogens with zero attached hydrogens (tertiary/aromatic N) is 2. The van der Waals surface area contributed by atoms with Gasteiger partial charge in [0.1, 0.15) is 0 Å². The lowest BCUT2D eigenvalue weighted by atomic mass is 9.70. The van der Waals surface area contributed by atoms with Crippen molar-refractivity contribution in [1.29, 1.82) is 0 Å². The van der Waals surface area contributed by atoms with Gasteiger partial charge in [0.2, 0.25) is 0 Å². The second-order valence-corrected chi connectivity index (χ2v) is 7.70. The fourth-order valence-corrected chi connectivity index (χ4v) is 4.45. The van der Waals surface area contributed by atoms with E-state index in [2.05, 4.69) is 37.7 Å². The third-order valence-corrected chi connectivity index (χ3v) is 6.08. The van der Waals surface area contributed by atoms with Gasteiger partial charge in [-0.1, -0.05) is 26.7 Å². The van der Waals surface area contributed by atoms with Crippen molar-refractivity contribution in [2.45, 2.75) is 64.0 Å². The average Bonchev–Trinajstić information content (AvgIpc) is 2.46. The topological polar surface area (TPSA) is 32.5 Å². The van der Waals surface area contributed by atoms with E-state index in [1.807, 2.05) is 0 Å². The van der Waals surface area contributed by atoms with E-state index in [0.717, 1.165) is 18.4 Å². The first-order valence-corrected chi connectivity index (χ1v) is 8.60. The quantitative estimate of drug-likeness (QED) is 0.859. The summed E-state index contributed by atoms with van der Waals surface area (Å²) in [5.74, 6) is 1.65. The van der Waals surface area contributed by atoms with Crippen LogP contribution < -0.4 is 5.73 Å². The SMILES string of the molecule is CC(C)C1CCCC(CN)(N(C)C2CCCN(C)C2)C1.